The monoisotopic (exact) mass is 268 g/mol. The predicted octanol–water partition coefficient (Wildman–Crippen LogP) is 3.43. The first-order valence-electron chi connectivity index (χ1n) is 6.20. The predicted molar refractivity (Wildman–Crippen MR) is 73.7 cm³/mol. The number of nitrogens with zero attached hydrogens (tertiary/aromatic N) is 1. The van der Waals surface area contributed by atoms with Crippen LogP contribution in [0.25, 0.3) is 0 Å². The topological polar surface area (TPSA) is 55.2 Å². The molecule has 1 aliphatic rings. The highest BCUT2D eigenvalue weighted by atomic mass is 32.1. The van der Waals surface area contributed by atoms with Crippen LogP contribution in [0.4, 0.5) is 5.00 Å². The highest BCUT2D eigenvalue weighted by molar-refractivity contribution is 7.15. The van der Waals surface area contributed by atoms with Crippen molar-refractivity contribution in [3.8, 4) is 0 Å². The van der Waals surface area contributed by atoms with Crippen molar-refractivity contribution in [2.24, 2.45) is 16.7 Å². The van der Waals surface area contributed by atoms with E-state index in [1.54, 1.807) is 6.07 Å². The largest absolute Gasteiger partial charge is 0.324 e. The first-order chi connectivity index (χ1) is 8.26. The van der Waals surface area contributed by atoms with Gasteiger partial charge in [0, 0.05) is 17.5 Å². The van der Waals surface area contributed by atoms with Gasteiger partial charge in [-0.25, -0.2) is 0 Å². The van der Waals surface area contributed by atoms with Crippen molar-refractivity contribution >= 4 is 16.3 Å². The van der Waals surface area contributed by atoms with Crippen molar-refractivity contribution < 1.29 is 4.92 Å². The molecule has 18 heavy (non-hydrogen) atoms. The minimum Gasteiger partial charge on any atom is -0.312 e. The van der Waals surface area contributed by atoms with Crippen molar-refractivity contribution in [1.82, 2.24) is 5.32 Å². The highest BCUT2D eigenvalue weighted by Gasteiger charge is 2.63. The Morgan fingerprint density at radius 2 is 1.94 bits per heavy atom. The minimum absolute atomic E-state index is 0.221. The summed E-state index contributed by atoms with van der Waals surface area (Å²) in [6, 6.07) is 3.41. The summed E-state index contributed by atoms with van der Waals surface area (Å²) < 4.78 is 0. The van der Waals surface area contributed by atoms with Crippen LogP contribution in [-0.4, -0.2) is 11.5 Å². The first kappa shape index (κ1) is 13.5. The van der Waals surface area contributed by atoms with E-state index < -0.39 is 0 Å². The van der Waals surface area contributed by atoms with Gasteiger partial charge in [0.1, 0.15) is 0 Å². The van der Waals surface area contributed by atoms with Crippen molar-refractivity contribution in [1.29, 1.82) is 0 Å². The third kappa shape index (κ3) is 2.17. The normalized spacial score (nSPS) is 20.9. The van der Waals surface area contributed by atoms with Crippen molar-refractivity contribution in [2.75, 3.05) is 6.54 Å². The molecule has 0 atom stereocenters. The van der Waals surface area contributed by atoms with E-state index in [4.69, 9.17) is 0 Å². The Hall–Kier alpha value is -0.940. The van der Waals surface area contributed by atoms with E-state index in [0.717, 1.165) is 18.0 Å². The van der Waals surface area contributed by atoms with Gasteiger partial charge in [-0.1, -0.05) is 39.0 Å². The van der Waals surface area contributed by atoms with Gasteiger partial charge in [-0.15, -0.1) is 0 Å². The molecule has 1 aromatic heterocycles. The van der Waals surface area contributed by atoms with Crippen molar-refractivity contribution in [3.05, 3.63) is 27.1 Å². The molecule has 1 aliphatic carbocycles. The van der Waals surface area contributed by atoms with Gasteiger partial charge in [0.2, 0.25) is 0 Å². The van der Waals surface area contributed by atoms with Gasteiger partial charge < -0.3 is 5.32 Å². The molecule has 1 heterocycles. The van der Waals surface area contributed by atoms with E-state index in [1.807, 2.05) is 6.07 Å². The van der Waals surface area contributed by atoms with Gasteiger partial charge in [0.25, 0.3) is 0 Å². The Kier molecular flexibility index (Phi) is 3.23. The van der Waals surface area contributed by atoms with Crippen LogP contribution in [0.3, 0.4) is 0 Å². The second-order valence-corrected chi connectivity index (χ2v) is 7.27. The lowest BCUT2D eigenvalue weighted by Gasteiger charge is -2.04. The lowest BCUT2D eigenvalue weighted by molar-refractivity contribution is -0.380. The minimum atomic E-state index is -0.332. The van der Waals surface area contributed by atoms with E-state index in [2.05, 4.69) is 33.0 Å². The Bertz CT molecular complexity index is 451. The number of nitrogens with one attached hydrogen (secondary N) is 1. The number of hydrogen-bond acceptors (Lipinski definition) is 4. The van der Waals surface area contributed by atoms with Gasteiger partial charge >= 0.3 is 5.00 Å². The zero-order chi connectivity index (χ0) is 13.6. The average Bonchev–Trinajstić information content (AvgIpc) is 2.67. The summed E-state index contributed by atoms with van der Waals surface area (Å²) in [5.41, 5.74) is 0.781. The average molecular weight is 268 g/mol. The smallest absolute Gasteiger partial charge is 0.312 e. The molecule has 0 unspecified atom stereocenters. The summed E-state index contributed by atoms with van der Waals surface area (Å²) in [6.45, 7) is 10.9. The maximum atomic E-state index is 10.6. The molecule has 0 amide bonds. The Morgan fingerprint density at radius 3 is 2.39 bits per heavy atom. The summed E-state index contributed by atoms with van der Waals surface area (Å²) in [4.78, 5) is 11.3. The van der Waals surface area contributed by atoms with Gasteiger partial charge in [-0.3, -0.25) is 10.1 Å². The molecule has 5 heteroatoms. The summed E-state index contributed by atoms with van der Waals surface area (Å²) in [6.07, 6.45) is 0. The molecule has 0 aliphatic heterocycles. The van der Waals surface area contributed by atoms with E-state index in [-0.39, 0.29) is 9.92 Å². The highest BCUT2D eigenvalue weighted by Crippen LogP contribution is 2.67. The number of hydrogen-bond donors (Lipinski definition) is 1. The molecular formula is C13H20N2O2S. The second kappa shape index (κ2) is 4.31. The van der Waals surface area contributed by atoms with E-state index >= 15 is 0 Å². The number of thiophene rings is 1. The van der Waals surface area contributed by atoms with E-state index in [0.29, 0.717) is 16.7 Å². The third-order valence-electron chi connectivity index (χ3n) is 4.79. The van der Waals surface area contributed by atoms with E-state index in [1.165, 1.54) is 11.3 Å². The molecule has 2 rings (SSSR count). The standard InChI is InChI=1S/C13H20N2O2S/c1-12(2)10(13(12,3)4)8-14-7-9-5-6-11(18-9)15(16)17/h5-6,10,14H,7-8H2,1-4H3. The Labute approximate surface area is 112 Å². The quantitative estimate of drug-likeness (QED) is 0.657. The van der Waals surface area contributed by atoms with Crippen molar-refractivity contribution in [3.63, 3.8) is 0 Å². The third-order valence-corrected chi connectivity index (χ3v) is 5.83. The van der Waals surface area contributed by atoms with Crippen LogP contribution < -0.4 is 5.32 Å². The lowest BCUT2D eigenvalue weighted by Crippen LogP contribution is -2.18. The molecule has 0 radical (unpaired) electrons. The number of rotatable bonds is 5. The van der Waals surface area contributed by atoms with Gasteiger partial charge in [0.15, 0.2) is 0 Å². The van der Waals surface area contributed by atoms with Crippen LogP contribution in [0, 0.1) is 26.9 Å². The van der Waals surface area contributed by atoms with Crippen LogP contribution >= 0.6 is 11.3 Å². The molecule has 1 fully saturated rings. The van der Waals surface area contributed by atoms with Crippen LogP contribution in [0.5, 0.6) is 0 Å². The molecule has 1 aromatic rings. The van der Waals surface area contributed by atoms with Gasteiger partial charge in [-0.05, 0) is 29.4 Å². The summed E-state index contributed by atoms with van der Waals surface area (Å²) in [5.74, 6) is 0.681. The summed E-state index contributed by atoms with van der Waals surface area (Å²) in [5, 5.41) is 14.2. The van der Waals surface area contributed by atoms with Crippen LogP contribution in [0.2, 0.25) is 0 Å². The van der Waals surface area contributed by atoms with Crippen LogP contribution in [0.15, 0.2) is 12.1 Å². The Balaban J connectivity index is 1.81. The van der Waals surface area contributed by atoms with E-state index in [9.17, 15) is 10.1 Å². The maximum absolute atomic E-state index is 10.6. The Morgan fingerprint density at radius 1 is 1.33 bits per heavy atom. The first-order valence-corrected chi connectivity index (χ1v) is 7.02. The molecule has 1 saturated carbocycles. The maximum Gasteiger partial charge on any atom is 0.324 e. The molecule has 0 saturated heterocycles. The molecule has 0 spiro atoms. The molecule has 4 nitrogen and oxygen atoms in total. The zero-order valence-corrected chi connectivity index (χ0v) is 12.1. The lowest BCUT2D eigenvalue weighted by atomic mass is 10.0. The fourth-order valence-corrected chi connectivity index (χ4v) is 3.53. The van der Waals surface area contributed by atoms with Gasteiger partial charge in [-0.2, -0.15) is 0 Å². The fourth-order valence-electron chi connectivity index (χ4n) is 2.74. The van der Waals surface area contributed by atoms with Gasteiger partial charge in [0.05, 0.1) is 4.92 Å². The molecule has 100 valence electrons. The van der Waals surface area contributed by atoms with Crippen LogP contribution in [-0.2, 0) is 6.54 Å². The fraction of sp³-hybridized carbons (Fsp3) is 0.692. The summed E-state index contributed by atoms with van der Waals surface area (Å²) >= 11 is 1.25. The molecule has 0 bridgehead atoms. The SMILES string of the molecule is CC1(C)C(CNCc2ccc([N+](=O)[O-])s2)C1(C)C. The molecule has 0 aromatic carbocycles. The second-order valence-electron chi connectivity index (χ2n) is 6.12. The molecule has 1 N–H and O–H groups in total. The van der Waals surface area contributed by atoms with Crippen LogP contribution in [0.1, 0.15) is 32.6 Å². The molecular weight excluding hydrogens is 248 g/mol. The van der Waals surface area contributed by atoms with Crippen molar-refractivity contribution in [2.45, 2.75) is 34.2 Å². The zero-order valence-electron chi connectivity index (χ0n) is 11.3. The summed E-state index contributed by atoms with van der Waals surface area (Å²) in [7, 11) is 0. The number of nitro groups is 1.